The Hall–Kier alpha value is -1.64. The van der Waals surface area contributed by atoms with Gasteiger partial charge in [0, 0.05) is 25.0 Å². The van der Waals surface area contributed by atoms with E-state index in [4.69, 9.17) is 0 Å². The molecule has 1 aliphatic rings. The first-order valence-corrected chi connectivity index (χ1v) is 7.28. The van der Waals surface area contributed by atoms with Gasteiger partial charge in [-0.1, -0.05) is 54.6 Å². The van der Waals surface area contributed by atoms with Gasteiger partial charge in [-0.05, 0) is 30.8 Å². The minimum absolute atomic E-state index is 0.515. The molecule has 1 aliphatic heterocycles. The van der Waals surface area contributed by atoms with E-state index in [1.54, 1.807) is 0 Å². The SMILES string of the molecule is CN(C)C(c1ccc(-c2ccccc2)cc1)C1CNC1. The zero-order valence-corrected chi connectivity index (χ0v) is 12.2. The van der Waals surface area contributed by atoms with E-state index in [-0.39, 0.29) is 0 Å². The molecule has 0 aromatic heterocycles. The first-order chi connectivity index (χ1) is 9.75. The van der Waals surface area contributed by atoms with Gasteiger partial charge in [0.15, 0.2) is 0 Å². The highest BCUT2D eigenvalue weighted by atomic mass is 15.1. The van der Waals surface area contributed by atoms with Crippen molar-refractivity contribution in [3.8, 4) is 11.1 Å². The molecule has 1 heterocycles. The summed E-state index contributed by atoms with van der Waals surface area (Å²) in [7, 11) is 4.35. The lowest BCUT2D eigenvalue weighted by molar-refractivity contribution is 0.161. The Morgan fingerprint density at radius 2 is 1.50 bits per heavy atom. The third kappa shape index (κ3) is 2.62. The Labute approximate surface area is 121 Å². The zero-order chi connectivity index (χ0) is 13.9. The summed E-state index contributed by atoms with van der Waals surface area (Å²) in [4.78, 5) is 2.34. The lowest BCUT2D eigenvalue weighted by Crippen LogP contribution is -2.48. The molecule has 1 atom stereocenters. The number of nitrogens with one attached hydrogen (secondary N) is 1. The number of hydrogen-bond acceptors (Lipinski definition) is 2. The second kappa shape index (κ2) is 5.78. The van der Waals surface area contributed by atoms with Crippen molar-refractivity contribution in [1.29, 1.82) is 0 Å². The third-order valence-electron chi connectivity index (χ3n) is 4.18. The molecule has 1 unspecified atom stereocenters. The Morgan fingerprint density at radius 1 is 0.900 bits per heavy atom. The third-order valence-corrected chi connectivity index (χ3v) is 4.18. The smallest absolute Gasteiger partial charge is 0.0394 e. The molecule has 2 heteroatoms. The molecule has 0 spiro atoms. The molecule has 2 nitrogen and oxygen atoms in total. The molecule has 0 aliphatic carbocycles. The molecular formula is C18H22N2. The van der Waals surface area contributed by atoms with Crippen molar-refractivity contribution >= 4 is 0 Å². The van der Waals surface area contributed by atoms with Crippen molar-refractivity contribution in [2.75, 3.05) is 27.2 Å². The van der Waals surface area contributed by atoms with Crippen LogP contribution in [0.3, 0.4) is 0 Å². The van der Waals surface area contributed by atoms with Gasteiger partial charge in [-0.3, -0.25) is 0 Å². The predicted molar refractivity (Wildman–Crippen MR) is 84.7 cm³/mol. The van der Waals surface area contributed by atoms with Gasteiger partial charge >= 0.3 is 0 Å². The molecule has 1 N–H and O–H groups in total. The Bertz CT molecular complexity index is 541. The van der Waals surface area contributed by atoms with Crippen LogP contribution in [0.1, 0.15) is 11.6 Å². The highest BCUT2D eigenvalue weighted by Crippen LogP contribution is 2.31. The quantitative estimate of drug-likeness (QED) is 0.914. The predicted octanol–water partition coefficient (Wildman–Crippen LogP) is 3.18. The van der Waals surface area contributed by atoms with E-state index in [9.17, 15) is 0 Å². The van der Waals surface area contributed by atoms with Crippen LogP contribution in [-0.2, 0) is 0 Å². The van der Waals surface area contributed by atoms with Gasteiger partial charge in [0.2, 0.25) is 0 Å². The van der Waals surface area contributed by atoms with E-state index < -0.39 is 0 Å². The molecule has 3 rings (SSSR count). The monoisotopic (exact) mass is 266 g/mol. The van der Waals surface area contributed by atoms with Crippen LogP contribution in [0.15, 0.2) is 54.6 Å². The second-order valence-electron chi connectivity index (χ2n) is 5.81. The minimum Gasteiger partial charge on any atom is -0.316 e. The summed E-state index contributed by atoms with van der Waals surface area (Å²) in [5, 5.41) is 3.38. The van der Waals surface area contributed by atoms with Crippen LogP contribution in [0.25, 0.3) is 11.1 Å². The molecule has 104 valence electrons. The normalized spacial score (nSPS) is 16.9. The van der Waals surface area contributed by atoms with E-state index in [0.717, 1.165) is 19.0 Å². The fourth-order valence-electron chi connectivity index (χ4n) is 3.03. The molecule has 1 saturated heterocycles. The van der Waals surface area contributed by atoms with E-state index in [2.05, 4.69) is 78.9 Å². The highest BCUT2D eigenvalue weighted by Gasteiger charge is 2.29. The Balaban J connectivity index is 1.84. The van der Waals surface area contributed by atoms with Crippen LogP contribution in [0.5, 0.6) is 0 Å². The van der Waals surface area contributed by atoms with Crippen LogP contribution in [0.4, 0.5) is 0 Å². The van der Waals surface area contributed by atoms with Crippen molar-refractivity contribution in [1.82, 2.24) is 10.2 Å². The van der Waals surface area contributed by atoms with Gasteiger partial charge in [0.1, 0.15) is 0 Å². The molecule has 0 bridgehead atoms. The largest absolute Gasteiger partial charge is 0.316 e. The molecule has 2 aromatic carbocycles. The number of benzene rings is 2. The molecule has 0 amide bonds. The van der Waals surface area contributed by atoms with E-state index >= 15 is 0 Å². The maximum Gasteiger partial charge on any atom is 0.0394 e. The molecule has 20 heavy (non-hydrogen) atoms. The molecule has 1 fully saturated rings. The minimum atomic E-state index is 0.515. The summed E-state index contributed by atoms with van der Waals surface area (Å²) in [6.45, 7) is 2.26. The van der Waals surface area contributed by atoms with Crippen LogP contribution in [-0.4, -0.2) is 32.1 Å². The van der Waals surface area contributed by atoms with Crippen molar-refractivity contribution in [3.05, 3.63) is 60.2 Å². The number of rotatable bonds is 4. The number of nitrogens with zero attached hydrogens (tertiary/aromatic N) is 1. The lowest BCUT2D eigenvalue weighted by atomic mass is 9.87. The Kier molecular flexibility index (Phi) is 3.86. The summed E-state index contributed by atoms with van der Waals surface area (Å²) in [6.07, 6.45) is 0. The molecule has 0 saturated carbocycles. The maximum absolute atomic E-state index is 3.38. The topological polar surface area (TPSA) is 15.3 Å². The first-order valence-electron chi connectivity index (χ1n) is 7.28. The van der Waals surface area contributed by atoms with Crippen molar-refractivity contribution in [3.63, 3.8) is 0 Å². The summed E-state index contributed by atoms with van der Waals surface area (Å²) in [6, 6.07) is 20.1. The van der Waals surface area contributed by atoms with Crippen molar-refractivity contribution < 1.29 is 0 Å². The van der Waals surface area contributed by atoms with E-state index in [0.29, 0.717) is 6.04 Å². The van der Waals surface area contributed by atoms with Crippen LogP contribution in [0.2, 0.25) is 0 Å². The molecular weight excluding hydrogens is 244 g/mol. The van der Waals surface area contributed by atoms with Crippen molar-refractivity contribution in [2.24, 2.45) is 5.92 Å². The average molecular weight is 266 g/mol. The Morgan fingerprint density at radius 3 is 2.00 bits per heavy atom. The van der Waals surface area contributed by atoms with Crippen molar-refractivity contribution in [2.45, 2.75) is 6.04 Å². The van der Waals surface area contributed by atoms with Gasteiger partial charge in [0.05, 0.1) is 0 Å². The zero-order valence-electron chi connectivity index (χ0n) is 12.2. The fourth-order valence-corrected chi connectivity index (χ4v) is 3.03. The molecule has 2 aromatic rings. The molecule has 0 radical (unpaired) electrons. The summed E-state index contributed by atoms with van der Waals surface area (Å²) in [5.41, 5.74) is 3.99. The summed E-state index contributed by atoms with van der Waals surface area (Å²) >= 11 is 0. The van der Waals surface area contributed by atoms with E-state index in [1.807, 2.05) is 0 Å². The van der Waals surface area contributed by atoms with Gasteiger partial charge in [-0.2, -0.15) is 0 Å². The van der Waals surface area contributed by atoms with E-state index in [1.165, 1.54) is 16.7 Å². The average Bonchev–Trinajstić information content (AvgIpc) is 2.43. The lowest BCUT2D eigenvalue weighted by Gasteiger charge is -2.39. The van der Waals surface area contributed by atoms with Gasteiger partial charge in [-0.15, -0.1) is 0 Å². The van der Waals surface area contributed by atoms with Crippen LogP contribution >= 0.6 is 0 Å². The fraction of sp³-hybridized carbons (Fsp3) is 0.333. The second-order valence-corrected chi connectivity index (χ2v) is 5.81. The van der Waals surface area contributed by atoms with Gasteiger partial charge < -0.3 is 10.2 Å². The van der Waals surface area contributed by atoms with Crippen LogP contribution < -0.4 is 5.32 Å². The summed E-state index contributed by atoms with van der Waals surface area (Å²) < 4.78 is 0. The van der Waals surface area contributed by atoms with Gasteiger partial charge in [0.25, 0.3) is 0 Å². The number of hydrogen-bond donors (Lipinski definition) is 1. The maximum atomic E-state index is 3.38. The van der Waals surface area contributed by atoms with Crippen LogP contribution in [0, 0.1) is 5.92 Å². The summed E-state index contributed by atoms with van der Waals surface area (Å²) in [5.74, 6) is 0.729. The highest BCUT2D eigenvalue weighted by molar-refractivity contribution is 5.63. The van der Waals surface area contributed by atoms with Gasteiger partial charge in [-0.25, -0.2) is 0 Å². The standard InChI is InChI=1S/C18H22N2/c1-20(2)18(17-12-19-13-17)16-10-8-15(9-11-16)14-6-4-3-5-7-14/h3-11,17-19H,12-13H2,1-2H3. The first kappa shape index (κ1) is 13.3.